The summed E-state index contributed by atoms with van der Waals surface area (Å²) in [6.45, 7) is 2.37. The second-order valence-electron chi connectivity index (χ2n) is 6.78. The smallest absolute Gasteiger partial charge is 0.107 e. The van der Waals surface area contributed by atoms with Crippen molar-refractivity contribution in [2.45, 2.75) is 45.4 Å². The van der Waals surface area contributed by atoms with E-state index in [1.54, 1.807) is 0 Å². The first kappa shape index (κ1) is 11.1. The van der Waals surface area contributed by atoms with E-state index in [1.165, 1.54) is 25.5 Å². The van der Waals surface area contributed by atoms with Crippen LogP contribution in [0.3, 0.4) is 0 Å². The van der Waals surface area contributed by atoms with Gasteiger partial charge in [-0.15, -0.1) is 0 Å². The van der Waals surface area contributed by atoms with Gasteiger partial charge < -0.3 is 10.4 Å². The lowest BCUT2D eigenvalue weighted by Gasteiger charge is -2.61. The van der Waals surface area contributed by atoms with Crippen LogP contribution in [-0.4, -0.2) is 22.3 Å². The zero-order valence-electron chi connectivity index (χ0n) is 10.3. The van der Waals surface area contributed by atoms with E-state index < -0.39 is 0 Å². The molecule has 4 bridgehead atoms. The molecule has 94 valence electrons. The maximum absolute atomic E-state index is 9.19. The third-order valence-corrected chi connectivity index (χ3v) is 5.18. The number of hydrogen-bond acceptors (Lipinski definition) is 4. The monoisotopic (exact) mass is 236 g/mol. The van der Waals surface area contributed by atoms with Crippen LogP contribution < -0.4 is 0 Å². The highest BCUT2D eigenvalue weighted by atomic mass is 16.4. The zero-order chi connectivity index (χ0) is 12.1. The molecule has 0 saturated heterocycles. The Morgan fingerprint density at radius 2 is 1.82 bits per heavy atom. The molecule has 0 amide bonds. The minimum absolute atomic E-state index is 0.0280. The van der Waals surface area contributed by atoms with Crippen LogP contribution in [0.2, 0.25) is 0 Å². The number of rotatable bonds is 2. The lowest BCUT2D eigenvalue weighted by atomic mass is 9.44. The van der Waals surface area contributed by atoms with Gasteiger partial charge in [0, 0.05) is 5.41 Å². The van der Waals surface area contributed by atoms with Crippen LogP contribution in [0, 0.1) is 22.7 Å². The van der Waals surface area contributed by atoms with E-state index in [1.807, 2.05) is 0 Å². The van der Waals surface area contributed by atoms with Crippen molar-refractivity contribution in [3.63, 3.8) is 0 Å². The summed E-state index contributed by atoms with van der Waals surface area (Å²) in [4.78, 5) is 0. The molecule has 2 atom stereocenters. The molecule has 4 saturated carbocycles. The van der Waals surface area contributed by atoms with Crippen molar-refractivity contribution in [1.82, 2.24) is 0 Å². The van der Waals surface area contributed by atoms with E-state index in [9.17, 15) is 5.21 Å². The van der Waals surface area contributed by atoms with Crippen molar-refractivity contribution >= 4 is 11.9 Å². The molecule has 4 fully saturated rings. The number of nitrogens with zero attached hydrogens (tertiary/aromatic N) is 2. The molecule has 4 nitrogen and oxygen atoms in total. The van der Waals surface area contributed by atoms with Crippen molar-refractivity contribution in [2.75, 3.05) is 0 Å². The molecular weight excluding hydrogens is 216 g/mol. The van der Waals surface area contributed by atoms with Crippen molar-refractivity contribution in [1.29, 1.82) is 0 Å². The Morgan fingerprint density at radius 1 is 1.18 bits per heavy atom. The highest BCUT2D eigenvalue weighted by molar-refractivity contribution is 6.32. The lowest BCUT2D eigenvalue weighted by molar-refractivity contribution is -0.0679. The summed E-state index contributed by atoms with van der Waals surface area (Å²) in [5.74, 6) is 1.54. The van der Waals surface area contributed by atoms with Gasteiger partial charge in [0.1, 0.15) is 5.71 Å². The summed E-state index contributed by atoms with van der Waals surface area (Å²) in [7, 11) is 0. The molecule has 4 rings (SSSR count). The van der Waals surface area contributed by atoms with E-state index in [2.05, 4.69) is 17.2 Å². The Hall–Kier alpha value is -1.06. The van der Waals surface area contributed by atoms with Crippen molar-refractivity contribution in [3.8, 4) is 0 Å². The van der Waals surface area contributed by atoms with Gasteiger partial charge >= 0.3 is 0 Å². The molecule has 0 aromatic rings. The Labute approximate surface area is 101 Å². The predicted octanol–water partition coefficient (Wildman–Crippen LogP) is 2.88. The molecule has 2 N–H and O–H groups in total. The Balaban J connectivity index is 1.98. The van der Waals surface area contributed by atoms with Crippen LogP contribution in [0.5, 0.6) is 0 Å². The van der Waals surface area contributed by atoms with Crippen LogP contribution in [0.15, 0.2) is 10.3 Å². The summed E-state index contributed by atoms with van der Waals surface area (Å²) in [6.07, 6.45) is 8.59. The van der Waals surface area contributed by atoms with Crippen molar-refractivity contribution < 1.29 is 10.4 Å². The first-order chi connectivity index (χ1) is 8.09. The first-order valence-electron chi connectivity index (χ1n) is 6.49. The summed E-state index contributed by atoms with van der Waals surface area (Å²) in [5.41, 5.74) is 0.962. The summed E-state index contributed by atoms with van der Waals surface area (Å²) in [6, 6.07) is 0. The van der Waals surface area contributed by atoms with Crippen LogP contribution in [-0.2, 0) is 0 Å². The maximum Gasteiger partial charge on any atom is 0.107 e. The van der Waals surface area contributed by atoms with Gasteiger partial charge in [-0.1, -0.05) is 17.2 Å². The van der Waals surface area contributed by atoms with Gasteiger partial charge in [0.15, 0.2) is 0 Å². The second-order valence-corrected chi connectivity index (χ2v) is 6.78. The quantitative estimate of drug-likeness (QED) is 0.440. The van der Waals surface area contributed by atoms with E-state index in [0.29, 0.717) is 11.1 Å². The van der Waals surface area contributed by atoms with Crippen LogP contribution in [0.4, 0.5) is 0 Å². The molecule has 0 spiro atoms. The van der Waals surface area contributed by atoms with Gasteiger partial charge in [-0.3, -0.25) is 0 Å². The molecule has 4 aliphatic carbocycles. The molecule has 0 aliphatic heterocycles. The van der Waals surface area contributed by atoms with Crippen molar-refractivity contribution in [2.24, 2.45) is 33.0 Å². The fraction of sp³-hybridized carbons (Fsp3) is 0.846. The van der Waals surface area contributed by atoms with E-state index in [4.69, 9.17) is 5.21 Å². The summed E-state index contributed by atoms with van der Waals surface area (Å²) >= 11 is 0. The highest BCUT2D eigenvalue weighted by Crippen LogP contribution is 2.65. The topological polar surface area (TPSA) is 65.2 Å². The van der Waals surface area contributed by atoms with Crippen LogP contribution in [0.1, 0.15) is 45.4 Å². The average molecular weight is 236 g/mol. The van der Waals surface area contributed by atoms with Gasteiger partial charge in [-0.25, -0.2) is 0 Å². The lowest BCUT2D eigenvalue weighted by Crippen LogP contribution is -2.54. The van der Waals surface area contributed by atoms with Crippen molar-refractivity contribution in [3.05, 3.63) is 0 Å². The predicted molar refractivity (Wildman–Crippen MR) is 64.7 cm³/mol. The van der Waals surface area contributed by atoms with Gasteiger partial charge in [0.05, 0.1) is 6.21 Å². The molecule has 4 aliphatic rings. The molecule has 2 unspecified atom stereocenters. The first-order valence-corrected chi connectivity index (χ1v) is 6.49. The van der Waals surface area contributed by atoms with Gasteiger partial charge in [0.2, 0.25) is 0 Å². The third-order valence-electron chi connectivity index (χ3n) is 5.18. The molecule has 4 heteroatoms. The summed E-state index contributed by atoms with van der Waals surface area (Å²) < 4.78 is 0. The van der Waals surface area contributed by atoms with Crippen LogP contribution in [0.25, 0.3) is 0 Å². The zero-order valence-corrected chi connectivity index (χ0v) is 10.3. The Kier molecular flexibility index (Phi) is 2.25. The Bertz CT molecular complexity index is 375. The molecule has 0 radical (unpaired) electrons. The number of oxime groups is 2. The van der Waals surface area contributed by atoms with E-state index in [-0.39, 0.29) is 5.41 Å². The molecule has 17 heavy (non-hydrogen) atoms. The minimum atomic E-state index is -0.0280. The Morgan fingerprint density at radius 3 is 2.29 bits per heavy atom. The van der Waals surface area contributed by atoms with Gasteiger partial charge in [-0.05, 0) is 55.8 Å². The van der Waals surface area contributed by atoms with E-state index >= 15 is 0 Å². The molecule has 0 aromatic heterocycles. The SMILES string of the molecule is CC12CC3CC(C1)CC(C(C=NO)=NO)(C3)C2. The van der Waals surface area contributed by atoms with E-state index in [0.717, 1.165) is 31.1 Å². The largest absolute Gasteiger partial charge is 0.411 e. The van der Waals surface area contributed by atoms with Gasteiger partial charge in [0.25, 0.3) is 0 Å². The van der Waals surface area contributed by atoms with Crippen LogP contribution >= 0.6 is 0 Å². The third kappa shape index (κ3) is 1.57. The highest BCUT2D eigenvalue weighted by Gasteiger charge is 2.57. The van der Waals surface area contributed by atoms with Gasteiger partial charge in [-0.2, -0.15) is 0 Å². The minimum Gasteiger partial charge on any atom is -0.411 e. The standard InChI is InChI=1S/C13H20N2O2/c1-12-3-9-2-10(4-12)6-13(5-9,8-12)11(15-17)7-14-16/h7,9-10,16-17H,2-6,8H2,1H3. The normalized spacial score (nSPS) is 49.1. The molecular formula is C13H20N2O2. The molecule has 0 aromatic carbocycles. The molecule has 0 heterocycles. The fourth-order valence-corrected chi connectivity index (χ4v) is 5.34. The fourth-order valence-electron chi connectivity index (χ4n) is 5.34. The summed E-state index contributed by atoms with van der Waals surface area (Å²) in [5, 5.41) is 24.4. The second kappa shape index (κ2) is 3.47. The number of hydrogen-bond donors (Lipinski definition) is 2. The maximum atomic E-state index is 9.19. The average Bonchev–Trinajstić information content (AvgIpc) is 2.22.